The van der Waals surface area contributed by atoms with Crippen molar-refractivity contribution in [2.45, 2.75) is 19.3 Å². The van der Waals surface area contributed by atoms with Crippen LogP contribution in [0, 0.1) is 23.1 Å². The molecule has 1 amide bonds. The molecular formula is C21H22FN3O. The van der Waals surface area contributed by atoms with Crippen molar-refractivity contribution in [3.63, 3.8) is 0 Å². The Morgan fingerprint density at radius 2 is 1.92 bits per heavy atom. The molecule has 134 valence electrons. The SMILES string of the molecule is N#Cc1ccc(NCC(=O)N2CCC(Cc3ccccc3)CC2)c(F)c1. The molecule has 0 radical (unpaired) electrons. The van der Waals surface area contributed by atoms with Gasteiger partial charge in [0.2, 0.25) is 5.91 Å². The van der Waals surface area contributed by atoms with Crippen molar-refractivity contribution in [2.24, 2.45) is 5.92 Å². The maximum Gasteiger partial charge on any atom is 0.241 e. The number of nitrogens with zero attached hydrogens (tertiary/aromatic N) is 2. The Labute approximate surface area is 153 Å². The lowest BCUT2D eigenvalue weighted by molar-refractivity contribution is -0.130. The number of likely N-dealkylation sites (tertiary alicyclic amines) is 1. The minimum atomic E-state index is -0.515. The smallest absolute Gasteiger partial charge is 0.241 e. The van der Waals surface area contributed by atoms with E-state index in [1.807, 2.05) is 17.0 Å². The van der Waals surface area contributed by atoms with Crippen molar-refractivity contribution in [3.05, 3.63) is 65.5 Å². The number of carbonyl (C=O) groups is 1. The predicted molar refractivity (Wildman–Crippen MR) is 99.1 cm³/mol. The van der Waals surface area contributed by atoms with Gasteiger partial charge in [-0.2, -0.15) is 5.26 Å². The largest absolute Gasteiger partial charge is 0.374 e. The summed E-state index contributed by atoms with van der Waals surface area (Å²) in [6.45, 7) is 1.55. The molecular weight excluding hydrogens is 329 g/mol. The van der Waals surface area contributed by atoms with Gasteiger partial charge < -0.3 is 10.2 Å². The molecule has 1 fully saturated rings. The normalized spacial score (nSPS) is 14.7. The van der Waals surface area contributed by atoms with E-state index in [9.17, 15) is 9.18 Å². The molecule has 26 heavy (non-hydrogen) atoms. The Balaban J connectivity index is 1.46. The summed E-state index contributed by atoms with van der Waals surface area (Å²) in [7, 11) is 0. The molecule has 0 saturated carbocycles. The highest BCUT2D eigenvalue weighted by molar-refractivity contribution is 5.81. The van der Waals surface area contributed by atoms with Gasteiger partial charge in [-0.25, -0.2) is 4.39 Å². The summed E-state index contributed by atoms with van der Waals surface area (Å²) in [5.41, 5.74) is 1.85. The molecule has 1 aliphatic rings. The van der Waals surface area contributed by atoms with E-state index in [4.69, 9.17) is 5.26 Å². The Morgan fingerprint density at radius 1 is 1.19 bits per heavy atom. The highest BCUT2D eigenvalue weighted by Crippen LogP contribution is 2.22. The number of amides is 1. The van der Waals surface area contributed by atoms with Crippen LogP contribution in [0.4, 0.5) is 10.1 Å². The number of anilines is 1. The molecule has 0 aliphatic carbocycles. The average molecular weight is 351 g/mol. The van der Waals surface area contributed by atoms with Crippen LogP contribution in [-0.4, -0.2) is 30.4 Å². The van der Waals surface area contributed by atoms with Crippen molar-refractivity contribution < 1.29 is 9.18 Å². The lowest BCUT2D eigenvalue weighted by Gasteiger charge is -2.32. The van der Waals surface area contributed by atoms with Crippen molar-refractivity contribution in [3.8, 4) is 6.07 Å². The maximum atomic E-state index is 13.8. The van der Waals surface area contributed by atoms with Gasteiger partial charge in [0.05, 0.1) is 23.9 Å². The Kier molecular flexibility index (Phi) is 5.85. The van der Waals surface area contributed by atoms with Crippen molar-refractivity contribution in [1.82, 2.24) is 4.90 Å². The van der Waals surface area contributed by atoms with E-state index in [-0.39, 0.29) is 23.7 Å². The first-order valence-electron chi connectivity index (χ1n) is 8.91. The number of piperidine rings is 1. The minimum absolute atomic E-state index is 0.0214. The number of rotatable bonds is 5. The van der Waals surface area contributed by atoms with Crippen LogP contribution >= 0.6 is 0 Å². The van der Waals surface area contributed by atoms with Crippen LogP contribution in [0.25, 0.3) is 0 Å². The Morgan fingerprint density at radius 3 is 2.58 bits per heavy atom. The van der Waals surface area contributed by atoms with E-state index < -0.39 is 5.82 Å². The number of benzene rings is 2. The van der Waals surface area contributed by atoms with E-state index in [0.717, 1.165) is 32.4 Å². The molecule has 1 N–H and O–H groups in total. The molecule has 4 nitrogen and oxygen atoms in total. The molecule has 5 heteroatoms. The van der Waals surface area contributed by atoms with E-state index in [0.29, 0.717) is 5.92 Å². The molecule has 0 unspecified atom stereocenters. The Hall–Kier alpha value is -2.87. The maximum absolute atomic E-state index is 13.8. The first kappa shape index (κ1) is 17.9. The van der Waals surface area contributed by atoms with E-state index in [2.05, 4.69) is 29.6 Å². The first-order chi connectivity index (χ1) is 12.7. The molecule has 2 aromatic rings. The van der Waals surface area contributed by atoms with Crippen LogP contribution < -0.4 is 5.32 Å². The molecule has 2 aromatic carbocycles. The number of hydrogen-bond donors (Lipinski definition) is 1. The lowest BCUT2D eigenvalue weighted by Crippen LogP contribution is -2.41. The number of hydrogen-bond acceptors (Lipinski definition) is 3. The molecule has 1 saturated heterocycles. The van der Waals surface area contributed by atoms with Crippen molar-refractivity contribution in [1.29, 1.82) is 5.26 Å². The molecule has 0 atom stereocenters. The van der Waals surface area contributed by atoms with Gasteiger partial charge in [0.15, 0.2) is 0 Å². The molecule has 3 rings (SSSR count). The summed E-state index contributed by atoms with van der Waals surface area (Å²) in [5, 5.41) is 11.6. The third-order valence-corrected chi connectivity index (χ3v) is 4.86. The fraction of sp³-hybridized carbons (Fsp3) is 0.333. The summed E-state index contributed by atoms with van der Waals surface area (Å²) < 4.78 is 13.8. The second kappa shape index (κ2) is 8.48. The van der Waals surface area contributed by atoms with Gasteiger partial charge in [-0.1, -0.05) is 30.3 Å². The second-order valence-corrected chi connectivity index (χ2v) is 6.67. The topological polar surface area (TPSA) is 56.1 Å². The monoisotopic (exact) mass is 351 g/mol. The van der Waals surface area contributed by atoms with Crippen LogP contribution in [0.2, 0.25) is 0 Å². The number of nitriles is 1. The molecule has 1 aliphatic heterocycles. The van der Waals surface area contributed by atoms with Gasteiger partial charge >= 0.3 is 0 Å². The number of carbonyl (C=O) groups excluding carboxylic acids is 1. The first-order valence-corrected chi connectivity index (χ1v) is 8.91. The van der Waals surface area contributed by atoms with Gasteiger partial charge in [0.25, 0.3) is 0 Å². The van der Waals surface area contributed by atoms with Gasteiger partial charge in [0.1, 0.15) is 5.82 Å². The van der Waals surface area contributed by atoms with Gasteiger partial charge in [-0.15, -0.1) is 0 Å². The lowest BCUT2D eigenvalue weighted by atomic mass is 9.90. The van der Waals surface area contributed by atoms with E-state index in [1.54, 1.807) is 0 Å². The third-order valence-electron chi connectivity index (χ3n) is 4.86. The van der Waals surface area contributed by atoms with Gasteiger partial charge in [0, 0.05) is 13.1 Å². The number of halogens is 1. The summed E-state index contributed by atoms with van der Waals surface area (Å²) >= 11 is 0. The van der Waals surface area contributed by atoms with Crippen LogP contribution in [0.5, 0.6) is 0 Å². The fourth-order valence-electron chi connectivity index (χ4n) is 3.34. The third kappa shape index (κ3) is 4.60. The molecule has 0 aromatic heterocycles. The summed E-state index contributed by atoms with van der Waals surface area (Å²) in [4.78, 5) is 14.2. The summed E-state index contributed by atoms with van der Waals surface area (Å²) in [6, 6.07) is 16.5. The minimum Gasteiger partial charge on any atom is -0.374 e. The Bertz CT molecular complexity index is 793. The zero-order valence-electron chi connectivity index (χ0n) is 14.6. The van der Waals surface area contributed by atoms with Crippen molar-refractivity contribution >= 4 is 11.6 Å². The average Bonchev–Trinajstić information content (AvgIpc) is 2.68. The van der Waals surface area contributed by atoms with Crippen molar-refractivity contribution in [2.75, 3.05) is 25.0 Å². The molecule has 0 bridgehead atoms. The van der Waals surface area contributed by atoms with Crippen LogP contribution in [0.1, 0.15) is 24.0 Å². The van der Waals surface area contributed by atoms with E-state index >= 15 is 0 Å². The summed E-state index contributed by atoms with van der Waals surface area (Å²) in [5.74, 6) is 0.0655. The van der Waals surface area contributed by atoms with Gasteiger partial charge in [-0.05, 0) is 48.9 Å². The van der Waals surface area contributed by atoms with Crippen LogP contribution in [0.3, 0.4) is 0 Å². The predicted octanol–water partition coefficient (Wildman–Crippen LogP) is 3.59. The quantitative estimate of drug-likeness (QED) is 0.896. The second-order valence-electron chi connectivity index (χ2n) is 6.67. The highest BCUT2D eigenvalue weighted by atomic mass is 19.1. The zero-order valence-corrected chi connectivity index (χ0v) is 14.6. The standard InChI is InChI=1S/C21H22FN3O/c22-19-13-18(14-23)6-7-20(19)24-15-21(26)25-10-8-17(9-11-25)12-16-4-2-1-3-5-16/h1-7,13,17,24H,8-12,15H2. The van der Waals surface area contributed by atoms with Gasteiger partial charge in [-0.3, -0.25) is 4.79 Å². The van der Waals surface area contributed by atoms with E-state index in [1.165, 1.54) is 23.8 Å². The molecule has 1 heterocycles. The fourth-order valence-corrected chi connectivity index (χ4v) is 3.34. The van der Waals surface area contributed by atoms with Crippen LogP contribution in [0.15, 0.2) is 48.5 Å². The molecule has 0 spiro atoms. The zero-order chi connectivity index (χ0) is 18.4. The summed E-state index contributed by atoms with van der Waals surface area (Å²) in [6.07, 6.45) is 3.04. The number of nitrogens with one attached hydrogen (secondary N) is 1. The van der Waals surface area contributed by atoms with Crippen LogP contribution in [-0.2, 0) is 11.2 Å². The highest BCUT2D eigenvalue weighted by Gasteiger charge is 2.22.